The third-order valence-corrected chi connectivity index (χ3v) is 3.57. The van der Waals surface area contributed by atoms with Gasteiger partial charge in [0.05, 0.1) is 11.4 Å². The minimum absolute atomic E-state index is 0.121. The fourth-order valence-electron chi connectivity index (χ4n) is 1.18. The van der Waals surface area contributed by atoms with Gasteiger partial charge in [0.1, 0.15) is 5.82 Å². The second-order valence-electron chi connectivity index (χ2n) is 2.93. The molecule has 1 aromatic carbocycles. The molecule has 0 radical (unpaired) electrons. The van der Waals surface area contributed by atoms with Gasteiger partial charge in [-0.2, -0.15) is 0 Å². The SMILES string of the molecule is CNCC(=O)c1cc(F)c(SC)c(Br)c1. The van der Waals surface area contributed by atoms with Gasteiger partial charge in [0.15, 0.2) is 5.78 Å². The number of hydrogen-bond acceptors (Lipinski definition) is 3. The molecule has 5 heteroatoms. The molecule has 0 atom stereocenters. The predicted octanol–water partition coefficient (Wildman–Crippen LogP) is 2.71. The molecule has 1 aromatic rings. The zero-order chi connectivity index (χ0) is 11.4. The number of rotatable bonds is 4. The van der Waals surface area contributed by atoms with Gasteiger partial charge in [-0.05, 0) is 41.4 Å². The second kappa shape index (κ2) is 5.63. The van der Waals surface area contributed by atoms with Crippen molar-refractivity contribution in [1.29, 1.82) is 0 Å². The van der Waals surface area contributed by atoms with Crippen LogP contribution in [-0.4, -0.2) is 25.6 Å². The summed E-state index contributed by atoms with van der Waals surface area (Å²) in [4.78, 5) is 12.0. The maximum atomic E-state index is 13.5. The van der Waals surface area contributed by atoms with E-state index < -0.39 is 0 Å². The molecule has 0 fully saturated rings. The molecule has 0 unspecified atom stereocenters. The average Bonchev–Trinajstić information content (AvgIpc) is 2.17. The molecular weight excluding hydrogens is 281 g/mol. The van der Waals surface area contributed by atoms with Crippen LogP contribution in [0, 0.1) is 5.82 Å². The molecule has 0 bridgehead atoms. The van der Waals surface area contributed by atoms with Crippen LogP contribution in [0.15, 0.2) is 21.5 Å². The van der Waals surface area contributed by atoms with Crippen molar-refractivity contribution in [3.8, 4) is 0 Å². The molecule has 0 spiro atoms. The minimum Gasteiger partial charge on any atom is -0.313 e. The summed E-state index contributed by atoms with van der Waals surface area (Å²) < 4.78 is 14.1. The standard InChI is InChI=1S/C10H11BrFNOS/c1-13-5-9(14)6-3-7(11)10(15-2)8(12)4-6/h3-4,13H,5H2,1-2H3. The van der Waals surface area contributed by atoms with E-state index >= 15 is 0 Å². The summed E-state index contributed by atoms with van der Waals surface area (Å²) in [5.74, 6) is -0.485. The summed E-state index contributed by atoms with van der Waals surface area (Å²) >= 11 is 4.55. The first-order valence-electron chi connectivity index (χ1n) is 4.31. The molecule has 0 aromatic heterocycles. The predicted molar refractivity (Wildman–Crippen MR) is 64.1 cm³/mol. The van der Waals surface area contributed by atoms with Gasteiger partial charge in [-0.3, -0.25) is 4.79 Å². The van der Waals surface area contributed by atoms with Crippen molar-refractivity contribution in [2.75, 3.05) is 19.8 Å². The highest BCUT2D eigenvalue weighted by atomic mass is 79.9. The van der Waals surface area contributed by atoms with Crippen LogP contribution in [0.2, 0.25) is 0 Å². The van der Waals surface area contributed by atoms with Gasteiger partial charge in [-0.25, -0.2) is 4.39 Å². The Balaban J connectivity index is 3.08. The zero-order valence-electron chi connectivity index (χ0n) is 8.43. The number of thioether (sulfide) groups is 1. The number of likely N-dealkylation sites (N-methyl/N-ethyl adjacent to an activating group) is 1. The van der Waals surface area contributed by atoms with Crippen molar-refractivity contribution in [3.63, 3.8) is 0 Å². The molecule has 0 aliphatic heterocycles. The normalized spacial score (nSPS) is 10.4. The second-order valence-corrected chi connectivity index (χ2v) is 4.60. The Hall–Kier alpha value is -0.390. The number of ketones is 1. The first-order chi connectivity index (χ1) is 7.10. The molecule has 0 saturated heterocycles. The molecule has 0 aliphatic carbocycles. The lowest BCUT2D eigenvalue weighted by Crippen LogP contribution is -2.18. The molecule has 0 saturated carbocycles. The molecule has 15 heavy (non-hydrogen) atoms. The number of Topliss-reactive ketones (excluding diaryl/α,β-unsaturated/α-hetero) is 1. The lowest BCUT2D eigenvalue weighted by molar-refractivity contribution is 0.0993. The van der Waals surface area contributed by atoms with E-state index in [2.05, 4.69) is 21.2 Å². The Morgan fingerprint density at radius 3 is 2.73 bits per heavy atom. The van der Waals surface area contributed by atoms with Crippen LogP contribution in [0.5, 0.6) is 0 Å². The molecule has 0 heterocycles. The highest BCUT2D eigenvalue weighted by molar-refractivity contribution is 9.10. The number of hydrogen-bond donors (Lipinski definition) is 1. The van der Waals surface area contributed by atoms with Gasteiger partial charge in [0.2, 0.25) is 0 Å². The quantitative estimate of drug-likeness (QED) is 0.683. The fraction of sp³-hybridized carbons (Fsp3) is 0.300. The van der Waals surface area contributed by atoms with Crippen LogP contribution in [-0.2, 0) is 0 Å². The maximum absolute atomic E-state index is 13.5. The number of halogens is 2. The first-order valence-corrected chi connectivity index (χ1v) is 6.32. The molecule has 82 valence electrons. The Bertz CT molecular complexity index is 361. The van der Waals surface area contributed by atoms with Crippen molar-refractivity contribution >= 4 is 33.5 Å². The summed E-state index contributed by atoms with van der Waals surface area (Å²) in [6.07, 6.45) is 1.79. The minimum atomic E-state index is -0.365. The van der Waals surface area contributed by atoms with E-state index in [9.17, 15) is 9.18 Å². The summed E-state index contributed by atoms with van der Waals surface area (Å²) in [6.45, 7) is 0.213. The molecule has 1 N–H and O–H groups in total. The maximum Gasteiger partial charge on any atom is 0.176 e. The zero-order valence-corrected chi connectivity index (χ0v) is 10.8. The molecule has 0 amide bonds. The molecule has 2 nitrogen and oxygen atoms in total. The largest absolute Gasteiger partial charge is 0.313 e. The van der Waals surface area contributed by atoms with Crippen LogP contribution < -0.4 is 5.32 Å². The van der Waals surface area contributed by atoms with Gasteiger partial charge < -0.3 is 5.32 Å². The third-order valence-electron chi connectivity index (χ3n) is 1.86. The van der Waals surface area contributed by atoms with E-state index in [-0.39, 0.29) is 18.1 Å². The van der Waals surface area contributed by atoms with E-state index in [1.807, 2.05) is 0 Å². The third kappa shape index (κ3) is 3.03. The van der Waals surface area contributed by atoms with Crippen molar-refractivity contribution in [3.05, 3.63) is 28.0 Å². The van der Waals surface area contributed by atoms with Crippen molar-refractivity contribution in [1.82, 2.24) is 5.32 Å². The van der Waals surface area contributed by atoms with Gasteiger partial charge in [0, 0.05) is 10.0 Å². The summed E-state index contributed by atoms with van der Waals surface area (Å²) in [6, 6.07) is 2.92. The topological polar surface area (TPSA) is 29.1 Å². The lowest BCUT2D eigenvalue weighted by Gasteiger charge is -2.06. The van der Waals surface area contributed by atoms with Gasteiger partial charge in [-0.15, -0.1) is 11.8 Å². The van der Waals surface area contributed by atoms with Crippen LogP contribution >= 0.6 is 27.7 Å². The summed E-state index contributed by atoms with van der Waals surface area (Å²) in [5, 5.41) is 2.74. The van der Waals surface area contributed by atoms with Crippen LogP contribution in [0.1, 0.15) is 10.4 Å². The Morgan fingerprint density at radius 2 is 2.27 bits per heavy atom. The highest BCUT2D eigenvalue weighted by Crippen LogP contribution is 2.29. The van der Waals surface area contributed by atoms with Gasteiger partial charge >= 0.3 is 0 Å². The Labute approximate surface area is 101 Å². The monoisotopic (exact) mass is 291 g/mol. The van der Waals surface area contributed by atoms with E-state index in [0.717, 1.165) is 0 Å². The van der Waals surface area contributed by atoms with Crippen molar-refractivity contribution < 1.29 is 9.18 Å². The van der Waals surface area contributed by atoms with Crippen molar-refractivity contribution in [2.24, 2.45) is 0 Å². The smallest absolute Gasteiger partial charge is 0.176 e. The van der Waals surface area contributed by atoms with E-state index in [0.29, 0.717) is 14.9 Å². The first kappa shape index (κ1) is 12.7. The Kier molecular flexibility index (Phi) is 4.76. The highest BCUT2D eigenvalue weighted by Gasteiger charge is 2.12. The van der Waals surface area contributed by atoms with Crippen LogP contribution in [0.25, 0.3) is 0 Å². The molecule has 0 aliphatic rings. The Morgan fingerprint density at radius 1 is 1.60 bits per heavy atom. The van der Waals surface area contributed by atoms with E-state index in [1.165, 1.54) is 17.8 Å². The molecule has 1 rings (SSSR count). The lowest BCUT2D eigenvalue weighted by atomic mass is 10.1. The summed E-state index contributed by atoms with van der Waals surface area (Å²) in [5.41, 5.74) is 0.381. The fourth-order valence-corrected chi connectivity index (χ4v) is 2.61. The van der Waals surface area contributed by atoms with E-state index in [4.69, 9.17) is 0 Å². The van der Waals surface area contributed by atoms with E-state index in [1.54, 1.807) is 19.4 Å². The number of benzene rings is 1. The summed E-state index contributed by atoms with van der Waals surface area (Å²) in [7, 11) is 1.68. The average molecular weight is 292 g/mol. The van der Waals surface area contributed by atoms with Crippen molar-refractivity contribution in [2.45, 2.75) is 4.90 Å². The number of carbonyl (C=O) groups is 1. The number of nitrogens with one attached hydrogen (secondary N) is 1. The van der Waals surface area contributed by atoms with Gasteiger partial charge in [0.25, 0.3) is 0 Å². The van der Waals surface area contributed by atoms with Crippen LogP contribution in [0.3, 0.4) is 0 Å². The van der Waals surface area contributed by atoms with Gasteiger partial charge in [-0.1, -0.05) is 0 Å². The molecular formula is C10H11BrFNOS. The number of carbonyl (C=O) groups excluding carboxylic acids is 1. The van der Waals surface area contributed by atoms with Crippen LogP contribution in [0.4, 0.5) is 4.39 Å².